The summed E-state index contributed by atoms with van der Waals surface area (Å²) in [6, 6.07) is 17.8. The highest BCUT2D eigenvalue weighted by molar-refractivity contribution is 6.01. The van der Waals surface area contributed by atoms with E-state index < -0.39 is 12.1 Å². The molecule has 3 heterocycles. The van der Waals surface area contributed by atoms with E-state index >= 15 is 0 Å². The number of amides is 1. The first-order valence-electron chi connectivity index (χ1n) is 11.9. The van der Waals surface area contributed by atoms with Gasteiger partial charge in [0.1, 0.15) is 11.7 Å². The molecule has 1 amide bonds. The van der Waals surface area contributed by atoms with Crippen molar-refractivity contribution in [2.45, 2.75) is 32.9 Å². The molecule has 8 heteroatoms. The number of aliphatic hydroxyl groups is 1. The highest BCUT2D eigenvalue weighted by Gasteiger charge is 2.23. The van der Waals surface area contributed by atoms with Gasteiger partial charge in [-0.1, -0.05) is 42.2 Å². The molecule has 2 N–H and O–H groups in total. The van der Waals surface area contributed by atoms with Crippen LogP contribution in [-0.4, -0.2) is 36.3 Å². The summed E-state index contributed by atoms with van der Waals surface area (Å²) in [7, 11) is 0. The maximum atomic E-state index is 14.0. The topological polar surface area (TPSA) is 102 Å². The third-order valence-corrected chi connectivity index (χ3v) is 6.09. The van der Waals surface area contributed by atoms with Gasteiger partial charge in [0.2, 0.25) is 0 Å². The third kappa shape index (κ3) is 4.48. The van der Waals surface area contributed by atoms with Crippen LogP contribution in [0.25, 0.3) is 22.1 Å². The molecule has 3 aromatic heterocycles. The second-order valence-electron chi connectivity index (χ2n) is 8.80. The fourth-order valence-corrected chi connectivity index (χ4v) is 4.44. The van der Waals surface area contributed by atoms with Crippen molar-refractivity contribution >= 4 is 22.3 Å². The van der Waals surface area contributed by atoms with E-state index in [2.05, 4.69) is 27.2 Å². The molecular formula is C29H25N5O3. The zero-order valence-corrected chi connectivity index (χ0v) is 20.6. The quantitative estimate of drug-likeness (QED) is 0.375. The maximum absolute atomic E-state index is 14.0. The first-order chi connectivity index (χ1) is 17.8. The molecule has 184 valence electrons. The summed E-state index contributed by atoms with van der Waals surface area (Å²) in [5, 5.41) is 18.2. The molecule has 0 spiro atoms. The lowest BCUT2D eigenvalue weighted by molar-refractivity contribution is 0.0939. The first-order valence-corrected chi connectivity index (χ1v) is 11.9. The lowest BCUT2D eigenvalue weighted by Crippen LogP contribution is -2.32. The Morgan fingerprint density at radius 3 is 2.62 bits per heavy atom. The van der Waals surface area contributed by atoms with Crippen molar-refractivity contribution in [2.75, 3.05) is 0 Å². The number of carbonyl (C=O) groups is 1. The van der Waals surface area contributed by atoms with Crippen molar-refractivity contribution in [2.24, 2.45) is 0 Å². The van der Waals surface area contributed by atoms with Gasteiger partial charge in [-0.25, -0.2) is 9.50 Å². The monoisotopic (exact) mass is 491 g/mol. The molecule has 8 nitrogen and oxygen atoms in total. The van der Waals surface area contributed by atoms with Gasteiger partial charge in [-0.05, 0) is 56.5 Å². The summed E-state index contributed by atoms with van der Waals surface area (Å²) >= 11 is 0. The third-order valence-electron chi connectivity index (χ3n) is 6.09. The largest absolute Gasteiger partial charge is 0.381 e. The van der Waals surface area contributed by atoms with Crippen LogP contribution in [-0.2, 0) is 0 Å². The number of aliphatic hydroxyl groups excluding tert-OH is 1. The van der Waals surface area contributed by atoms with E-state index in [4.69, 9.17) is 0 Å². The summed E-state index contributed by atoms with van der Waals surface area (Å²) < 4.78 is 3.17. The van der Waals surface area contributed by atoms with Crippen LogP contribution in [0.4, 0.5) is 0 Å². The number of benzene rings is 2. The molecule has 0 saturated heterocycles. The molecule has 2 aromatic carbocycles. The van der Waals surface area contributed by atoms with Crippen LogP contribution >= 0.6 is 0 Å². The van der Waals surface area contributed by atoms with Crippen molar-refractivity contribution in [1.29, 1.82) is 0 Å². The first kappa shape index (κ1) is 24.0. The fraction of sp³-hybridized carbons (Fsp3) is 0.172. The number of hydrogen-bond acceptors (Lipinski definition) is 5. The number of hydrogen-bond donors (Lipinski definition) is 2. The standard InChI is InChI=1S/C29H25N5O3/c1-18(35)13-14-21-9-7-10-22-17-24(34(29(37)26(21)22)23-11-5-4-6-12-23)19(2)31-28(36)25-20(3)32-33-16-8-15-30-27(25)33/h4-12,15-19,35H,1-3H3,(H,31,36)/t18-,19+/m0/s1. The fourth-order valence-electron chi connectivity index (χ4n) is 4.44. The normalized spacial score (nSPS) is 12.6. The lowest BCUT2D eigenvalue weighted by atomic mass is 10.0. The maximum Gasteiger partial charge on any atom is 0.264 e. The number of aromatic nitrogens is 4. The van der Waals surface area contributed by atoms with Gasteiger partial charge in [-0.2, -0.15) is 5.10 Å². The van der Waals surface area contributed by atoms with Crippen molar-refractivity contribution in [3.63, 3.8) is 0 Å². The second kappa shape index (κ2) is 9.72. The van der Waals surface area contributed by atoms with Crippen LogP contribution in [0.2, 0.25) is 0 Å². The van der Waals surface area contributed by atoms with Crippen LogP contribution < -0.4 is 10.9 Å². The van der Waals surface area contributed by atoms with Crippen LogP contribution in [0, 0.1) is 18.8 Å². The number of fused-ring (bicyclic) bond motifs is 2. The summed E-state index contributed by atoms with van der Waals surface area (Å²) in [6.45, 7) is 5.17. The Morgan fingerprint density at radius 2 is 1.86 bits per heavy atom. The van der Waals surface area contributed by atoms with Gasteiger partial charge in [0.25, 0.3) is 11.5 Å². The van der Waals surface area contributed by atoms with Gasteiger partial charge in [0.05, 0.1) is 17.1 Å². The number of para-hydroxylation sites is 1. The molecule has 5 rings (SSSR count). The zero-order valence-electron chi connectivity index (χ0n) is 20.6. The minimum atomic E-state index is -0.820. The Hall–Kier alpha value is -4.74. The molecule has 0 bridgehead atoms. The number of carbonyl (C=O) groups excluding carboxylic acids is 1. The Kier molecular flexibility index (Phi) is 6.30. The number of pyridine rings is 1. The Labute approximate surface area is 213 Å². The van der Waals surface area contributed by atoms with E-state index in [0.717, 1.165) is 0 Å². The average molecular weight is 492 g/mol. The lowest BCUT2D eigenvalue weighted by Gasteiger charge is -2.21. The zero-order chi connectivity index (χ0) is 26.1. The number of rotatable bonds is 4. The number of nitrogens with one attached hydrogen (secondary N) is 1. The van der Waals surface area contributed by atoms with Gasteiger partial charge in [-0.15, -0.1) is 0 Å². The highest BCUT2D eigenvalue weighted by Crippen LogP contribution is 2.24. The molecule has 0 saturated carbocycles. The van der Waals surface area contributed by atoms with Crippen molar-refractivity contribution < 1.29 is 9.90 Å². The minimum Gasteiger partial charge on any atom is -0.381 e. The average Bonchev–Trinajstić information content (AvgIpc) is 3.23. The highest BCUT2D eigenvalue weighted by atomic mass is 16.3. The predicted octanol–water partition coefficient (Wildman–Crippen LogP) is 3.57. The molecule has 2 atom stereocenters. The molecular weight excluding hydrogens is 466 g/mol. The Balaban J connectivity index is 1.66. The van der Waals surface area contributed by atoms with Gasteiger partial charge in [0, 0.05) is 29.3 Å². The van der Waals surface area contributed by atoms with E-state index in [0.29, 0.717) is 44.6 Å². The Bertz CT molecular complexity index is 1760. The van der Waals surface area contributed by atoms with E-state index in [1.807, 2.05) is 55.5 Å². The summed E-state index contributed by atoms with van der Waals surface area (Å²) in [5.41, 5.74) is 2.96. The van der Waals surface area contributed by atoms with Crippen molar-refractivity contribution in [1.82, 2.24) is 24.5 Å². The molecule has 37 heavy (non-hydrogen) atoms. The molecule has 0 radical (unpaired) electrons. The summed E-state index contributed by atoms with van der Waals surface area (Å²) in [4.78, 5) is 31.7. The van der Waals surface area contributed by atoms with Gasteiger partial charge >= 0.3 is 0 Å². The Morgan fingerprint density at radius 1 is 1.08 bits per heavy atom. The van der Waals surface area contributed by atoms with E-state index in [-0.39, 0.29) is 11.5 Å². The van der Waals surface area contributed by atoms with E-state index in [1.165, 1.54) is 0 Å². The van der Waals surface area contributed by atoms with Crippen LogP contribution in [0.3, 0.4) is 0 Å². The van der Waals surface area contributed by atoms with Crippen LogP contribution in [0.5, 0.6) is 0 Å². The van der Waals surface area contributed by atoms with Gasteiger partial charge in [0.15, 0.2) is 5.65 Å². The summed E-state index contributed by atoms with van der Waals surface area (Å²) in [6.07, 6.45) is 2.54. The smallest absolute Gasteiger partial charge is 0.264 e. The van der Waals surface area contributed by atoms with E-state index in [1.54, 1.807) is 47.5 Å². The van der Waals surface area contributed by atoms with Crippen LogP contribution in [0.15, 0.2) is 77.9 Å². The number of aryl methyl sites for hydroxylation is 1. The van der Waals surface area contributed by atoms with Crippen molar-refractivity contribution in [3.8, 4) is 17.5 Å². The molecule has 5 aromatic rings. The molecule has 0 aliphatic carbocycles. The minimum absolute atomic E-state index is 0.260. The molecule has 0 unspecified atom stereocenters. The molecule has 0 aliphatic rings. The van der Waals surface area contributed by atoms with Crippen molar-refractivity contribution in [3.05, 3.63) is 106 Å². The van der Waals surface area contributed by atoms with Gasteiger partial charge in [-0.3, -0.25) is 14.2 Å². The summed E-state index contributed by atoms with van der Waals surface area (Å²) in [5.74, 6) is 5.32. The second-order valence-corrected chi connectivity index (χ2v) is 8.80. The van der Waals surface area contributed by atoms with Crippen LogP contribution in [0.1, 0.15) is 47.2 Å². The predicted molar refractivity (Wildman–Crippen MR) is 142 cm³/mol. The SMILES string of the molecule is Cc1nn2cccnc2c1C(=O)N[C@H](C)c1cc2cccc(C#C[C@H](C)O)c2c(=O)n1-c1ccccc1. The molecule has 0 aliphatic heterocycles. The van der Waals surface area contributed by atoms with Gasteiger partial charge < -0.3 is 10.4 Å². The molecule has 0 fully saturated rings. The van der Waals surface area contributed by atoms with E-state index in [9.17, 15) is 14.7 Å². The number of nitrogens with zero attached hydrogens (tertiary/aromatic N) is 4.